The highest BCUT2D eigenvalue weighted by Crippen LogP contribution is 2.11. The van der Waals surface area contributed by atoms with Crippen LogP contribution in [0.5, 0.6) is 0 Å². The van der Waals surface area contributed by atoms with Gasteiger partial charge in [0.15, 0.2) is 5.37 Å². The van der Waals surface area contributed by atoms with Gasteiger partial charge in [0.05, 0.1) is 12.5 Å². The van der Waals surface area contributed by atoms with Crippen LogP contribution >= 0.6 is 0 Å². The summed E-state index contributed by atoms with van der Waals surface area (Å²) in [6, 6.07) is 1.84. The van der Waals surface area contributed by atoms with E-state index in [-0.39, 0.29) is 35.7 Å². The molecule has 0 aliphatic rings. The first-order valence-corrected chi connectivity index (χ1v) is 11.3. The van der Waals surface area contributed by atoms with Gasteiger partial charge in [0, 0.05) is 17.2 Å². The van der Waals surface area contributed by atoms with Gasteiger partial charge in [-0.2, -0.15) is 13.7 Å². The number of hydrogen-bond donors (Lipinski definition) is 3. The fourth-order valence-corrected chi connectivity index (χ4v) is 2.29. The molecule has 0 spiro atoms. The van der Waals surface area contributed by atoms with Crippen LogP contribution in [0, 0.1) is 17.2 Å². The summed E-state index contributed by atoms with van der Waals surface area (Å²) in [5.74, 6) is -2.60. The Labute approximate surface area is 206 Å². The Bertz CT molecular complexity index is 910. The summed E-state index contributed by atoms with van der Waals surface area (Å²) < 4.78 is 35.5. The van der Waals surface area contributed by atoms with Crippen LogP contribution in [0.25, 0.3) is 0 Å². The molecule has 1 atom stereocenters. The van der Waals surface area contributed by atoms with Crippen molar-refractivity contribution in [2.24, 2.45) is 11.7 Å². The largest absolute Gasteiger partial charge is 0.461 e. The third-order valence-electron chi connectivity index (χ3n) is 2.76. The molecule has 35 heavy (non-hydrogen) atoms. The number of hydrogen-bond acceptors (Lipinski definition) is 9. The summed E-state index contributed by atoms with van der Waals surface area (Å²) in [4.78, 5) is 51.5. The zero-order chi connectivity index (χ0) is 28.9. The number of Topliss-reactive ketones (excluding diaryl/α,β-unsaturated/α-hetero) is 2. The number of ether oxygens (including phenoxy) is 1. The molecule has 0 aromatic carbocycles. The molecule has 2 amide bonds. The maximum absolute atomic E-state index is 11.6. The average molecular weight is 518 g/mol. The van der Waals surface area contributed by atoms with Gasteiger partial charge in [0.25, 0.3) is 16.0 Å². The highest BCUT2D eigenvalue weighted by atomic mass is 32.2. The number of ketones is 2. The molecule has 0 fully saturated rings. The van der Waals surface area contributed by atoms with Crippen LogP contribution in [0.15, 0.2) is 37.0 Å². The smallest absolute Gasteiger partial charge is 0.330 e. The van der Waals surface area contributed by atoms with Crippen LogP contribution in [0.3, 0.4) is 0 Å². The molecular weight excluding hydrogens is 482 g/mol. The van der Waals surface area contributed by atoms with Crippen molar-refractivity contribution in [2.45, 2.75) is 53.3 Å². The van der Waals surface area contributed by atoms with Crippen molar-refractivity contribution < 1.29 is 41.7 Å². The van der Waals surface area contributed by atoms with E-state index in [1.54, 1.807) is 0 Å². The topological polar surface area (TPSA) is 211 Å². The van der Waals surface area contributed by atoms with Gasteiger partial charge in [-0.15, -0.1) is 0 Å². The van der Waals surface area contributed by atoms with E-state index in [4.69, 9.17) is 15.5 Å². The molecule has 0 heterocycles. The van der Waals surface area contributed by atoms with Gasteiger partial charge in [-0.3, -0.25) is 14.1 Å². The summed E-state index contributed by atoms with van der Waals surface area (Å²) in [5, 5.41) is 8.53. The molecule has 1 unspecified atom stereocenters. The lowest BCUT2D eigenvalue weighted by Crippen LogP contribution is -2.45. The minimum Gasteiger partial charge on any atom is -0.461 e. The number of carbonyl (C=O) groups excluding carboxylic acids is 5. The van der Waals surface area contributed by atoms with Gasteiger partial charge >= 0.3 is 5.97 Å². The van der Waals surface area contributed by atoms with Gasteiger partial charge in [-0.1, -0.05) is 33.6 Å². The fourth-order valence-electron chi connectivity index (χ4n) is 1.34. The van der Waals surface area contributed by atoms with Crippen molar-refractivity contribution in [1.82, 2.24) is 5.32 Å². The molecule has 0 aromatic rings. The Morgan fingerprint density at radius 1 is 1.06 bits per heavy atom. The van der Waals surface area contributed by atoms with Crippen LogP contribution < -0.4 is 11.1 Å². The van der Waals surface area contributed by atoms with Crippen molar-refractivity contribution in [2.75, 3.05) is 6.61 Å². The van der Waals surface area contributed by atoms with Gasteiger partial charge in [-0.25, -0.2) is 4.79 Å². The number of esters is 1. The number of amides is 2. The van der Waals surface area contributed by atoms with Crippen molar-refractivity contribution >= 4 is 39.5 Å². The minimum atomic E-state index is -4.46. The van der Waals surface area contributed by atoms with Gasteiger partial charge in [0.1, 0.15) is 18.2 Å². The third kappa shape index (κ3) is 28.3. The average Bonchev–Trinajstić information content (AvgIpc) is 2.69. The van der Waals surface area contributed by atoms with E-state index in [1.807, 2.05) is 11.4 Å². The van der Waals surface area contributed by atoms with E-state index >= 15 is 0 Å². The fraction of sp³-hybridized carbons (Fsp3) is 0.455. The van der Waals surface area contributed by atoms with E-state index in [2.05, 4.69) is 24.5 Å². The monoisotopic (exact) mass is 517 g/mol. The molecule has 0 saturated heterocycles. The van der Waals surface area contributed by atoms with Crippen LogP contribution in [0.4, 0.5) is 0 Å². The Morgan fingerprint density at radius 3 is 1.71 bits per heavy atom. The second-order valence-corrected chi connectivity index (χ2v) is 8.61. The lowest BCUT2D eigenvalue weighted by atomic mass is 10.1. The molecule has 0 aliphatic heterocycles. The summed E-state index contributed by atoms with van der Waals surface area (Å²) >= 11 is 0. The maximum atomic E-state index is 11.6. The second-order valence-electron chi connectivity index (χ2n) is 7.07. The van der Waals surface area contributed by atoms with Crippen LogP contribution in [-0.2, 0) is 38.8 Å². The van der Waals surface area contributed by atoms with Crippen molar-refractivity contribution in [3.63, 3.8) is 0 Å². The van der Waals surface area contributed by atoms with Gasteiger partial charge in [-0.05, 0) is 33.6 Å². The molecular formula is C22H35N3O9S. The first-order valence-electron chi connectivity index (χ1n) is 9.81. The summed E-state index contributed by atoms with van der Waals surface area (Å²) in [5.41, 5.74) is 4.23. The number of nitriles is 1. The number of nitrogens with two attached hydrogens (primary N) is 1. The molecule has 12 nitrogen and oxygen atoms in total. The van der Waals surface area contributed by atoms with Crippen LogP contribution in [0.1, 0.15) is 48.0 Å². The van der Waals surface area contributed by atoms with Gasteiger partial charge in [0.2, 0.25) is 5.91 Å². The number of carbonyl (C=O) groups is 5. The molecule has 4 N–H and O–H groups in total. The van der Waals surface area contributed by atoms with Gasteiger partial charge < -0.3 is 25.4 Å². The molecule has 0 aliphatic carbocycles. The third-order valence-corrected chi connectivity index (χ3v) is 4.06. The number of nitrogens with one attached hydrogen (secondary N) is 1. The Morgan fingerprint density at radius 2 is 1.46 bits per heavy atom. The van der Waals surface area contributed by atoms with Crippen molar-refractivity contribution in [3.8, 4) is 6.07 Å². The van der Waals surface area contributed by atoms with E-state index in [9.17, 15) is 32.4 Å². The standard InChI is InChI=1S/C10H16N2O5S.C6H7NO2.2C3H6O/c1-5(2)10(18(15,16)17)12-9(14)7(4)6(3)8(11)13;1-2-6(8)9-5-3-4-7;2*1-3(2)4/h5,10H,3-4H2,1-2H3,(H2,11,13)(H,12,14)(H,15,16,17);2H,1,3,5H2;2*1-2H3. The van der Waals surface area contributed by atoms with E-state index in [0.29, 0.717) is 0 Å². The molecule has 0 bridgehead atoms. The van der Waals surface area contributed by atoms with E-state index < -0.39 is 39.2 Å². The van der Waals surface area contributed by atoms with Crippen molar-refractivity contribution in [1.29, 1.82) is 5.26 Å². The molecule has 0 radical (unpaired) electrons. The summed E-state index contributed by atoms with van der Waals surface area (Å²) in [6.45, 7) is 19.0. The van der Waals surface area contributed by atoms with Crippen molar-refractivity contribution in [3.05, 3.63) is 37.0 Å². The minimum absolute atomic E-state index is 0.154. The number of rotatable bonds is 9. The number of primary amides is 1. The summed E-state index contributed by atoms with van der Waals surface area (Å²) in [7, 11) is -4.46. The Balaban J connectivity index is -0.000000233. The normalized spacial score (nSPS) is 10.0. The first-order chi connectivity index (χ1) is 15.8. The highest BCUT2D eigenvalue weighted by Gasteiger charge is 2.29. The van der Waals surface area contributed by atoms with E-state index in [1.165, 1.54) is 41.5 Å². The predicted molar refractivity (Wildman–Crippen MR) is 130 cm³/mol. The molecule has 198 valence electrons. The Kier molecular flexibility index (Phi) is 23.1. The zero-order valence-corrected chi connectivity index (χ0v) is 21.7. The molecule has 0 saturated carbocycles. The molecule has 0 aromatic heterocycles. The predicted octanol–water partition coefficient (Wildman–Crippen LogP) is 1.39. The lowest BCUT2D eigenvalue weighted by Gasteiger charge is -2.19. The molecule has 0 rings (SSSR count). The maximum Gasteiger partial charge on any atom is 0.330 e. The summed E-state index contributed by atoms with van der Waals surface area (Å²) in [6.07, 6.45) is 1.30. The number of nitrogens with zero attached hydrogens (tertiary/aromatic N) is 1. The zero-order valence-electron chi connectivity index (χ0n) is 20.9. The highest BCUT2D eigenvalue weighted by molar-refractivity contribution is 7.86. The van der Waals surface area contributed by atoms with Crippen LogP contribution in [0.2, 0.25) is 0 Å². The lowest BCUT2D eigenvalue weighted by molar-refractivity contribution is -0.137. The second kappa shape index (κ2) is 20.9. The SMILES string of the molecule is C=C(C(=C)C(=O)NC(C(C)C)S(=O)(=O)O)C(N)=O.C=CC(=O)OCCC#N.CC(C)=O.CC(C)=O. The van der Waals surface area contributed by atoms with Crippen LogP contribution in [-0.4, -0.2) is 54.3 Å². The molecule has 13 heteroatoms. The first kappa shape index (κ1) is 38.6. The quantitative estimate of drug-likeness (QED) is 0.131. The Hall–Kier alpha value is -3.63. The van der Waals surface area contributed by atoms with E-state index in [0.717, 1.165) is 6.08 Å².